The number of amides is 2. The summed E-state index contributed by atoms with van der Waals surface area (Å²) in [6.07, 6.45) is 5.25. The highest BCUT2D eigenvalue weighted by atomic mass is 127. The molecule has 14 heteroatoms. The molecule has 7 rings (SSSR count). The van der Waals surface area contributed by atoms with Crippen LogP contribution in [0.3, 0.4) is 0 Å². The van der Waals surface area contributed by atoms with Crippen molar-refractivity contribution < 1.29 is 27.3 Å². The van der Waals surface area contributed by atoms with Gasteiger partial charge < -0.3 is 28.3 Å². The average Bonchev–Trinajstić information content (AvgIpc) is 3.79. The number of carbonyl (C=O) groups excluding carboxylic acids is 2. The fourth-order valence-corrected chi connectivity index (χ4v) is 4.67. The van der Waals surface area contributed by atoms with Gasteiger partial charge >= 0.3 is 0 Å². The molecular weight excluding hydrogens is 645 g/mol. The molecule has 0 atom stereocenters. The summed E-state index contributed by atoms with van der Waals surface area (Å²) >= 11 is 2.13. The summed E-state index contributed by atoms with van der Waals surface area (Å²) in [6, 6.07) is 11.0. The molecule has 2 amide bonds. The zero-order chi connectivity index (χ0) is 27.9. The molecule has 6 aromatic rings. The third-order valence-electron chi connectivity index (χ3n) is 6.05. The largest absolute Gasteiger partial charge is 0.442 e. The van der Waals surface area contributed by atoms with E-state index in [9.17, 15) is 9.59 Å². The molecule has 0 unspecified atom stereocenters. The lowest BCUT2D eigenvalue weighted by Crippen LogP contribution is -2.24. The third-order valence-corrected chi connectivity index (χ3v) is 6.67. The van der Waals surface area contributed by atoms with E-state index in [0.29, 0.717) is 22.8 Å². The minimum atomic E-state index is -0.423. The Kier molecular flexibility index (Phi) is 6.15. The van der Waals surface area contributed by atoms with Crippen LogP contribution in [0.1, 0.15) is 32.1 Å². The lowest BCUT2D eigenvalue weighted by Gasteiger charge is -2.07. The van der Waals surface area contributed by atoms with Crippen LogP contribution in [0.4, 0.5) is 0 Å². The number of hydrogen-bond acceptors (Lipinski definition) is 11. The summed E-state index contributed by atoms with van der Waals surface area (Å²) < 4.78 is 23.1. The fraction of sp³-hybridized carbons (Fsp3) is 0.0741. The standard InChI is InChI=1S/C27H16IN7O6/c28-15-5-16-24-34-20(11-40-24)26-32-18(9-38-26)22(36)29-7-13-2-1-3-14(4-13)8-30-23(37)19-10-39-27(33-19)21-12-41-25(35-21)17(6-15)31-16/h1-6,9-12H,7-8H2,(H,29,36)(H,30,37). The predicted molar refractivity (Wildman–Crippen MR) is 148 cm³/mol. The van der Waals surface area contributed by atoms with Crippen molar-refractivity contribution in [2.45, 2.75) is 13.1 Å². The Labute approximate surface area is 243 Å². The van der Waals surface area contributed by atoms with Crippen molar-refractivity contribution in [1.82, 2.24) is 35.6 Å². The van der Waals surface area contributed by atoms with Crippen LogP contribution in [-0.4, -0.2) is 36.7 Å². The molecular formula is C27H16IN7O6. The van der Waals surface area contributed by atoms with Crippen LogP contribution in [0.5, 0.6) is 0 Å². The minimum absolute atomic E-state index is 0.0868. The number of nitrogens with zero attached hydrogens (tertiary/aromatic N) is 5. The quantitative estimate of drug-likeness (QED) is 0.220. The minimum Gasteiger partial charge on any atom is -0.442 e. The van der Waals surface area contributed by atoms with Gasteiger partial charge in [-0.2, -0.15) is 0 Å². The number of pyridine rings is 1. The Balaban J connectivity index is 1.27. The predicted octanol–water partition coefficient (Wildman–Crippen LogP) is 4.48. The number of nitrogens with one attached hydrogen (secondary N) is 2. The molecule has 202 valence electrons. The Bertz CT molecular complexity index is 1810. The van der Waals surface area contributed by atoms with Gasteiger partial charge in [0.25, 0.3) is 11.8 Å². The zero-order valence-electron chi connectivity index (χ0n) is 20.8. The highest BCUT2D eigenvalue weighted by Gasteiger charge is 2.21. The van der Waals surface area contributed by atoms with Crippen LogP contribution >= 0.6 is 22.6 Å². The van der Waals surface area contributed by atoms with Gasteiger partial charge in [0.1, 0.15) is 36.4 Å². The van der Waals surface area contributed by atoms with Gasteiger partial charge in [0.05, 0.1) is 0 Å². The van der Waals surface area contributed by atoms with Crippen molar-refractivity contribution in [3.63, 3.8) is 0 Å². The average molecular weight is 661 g/mol. The Morgan fingerprint density at radius 3 is 1.46 bits per heavy atom. The van der Waals surface area contributed by atoms with Crippen molar-refractivity contribution in [3.05, 3.63) is 87.5 Å². The third kappa shape index (κ3) is 5.00. The second kappa shape index (κ2) is 10.1. The van der Waals surface area contributed by atoms with E-state index in [1.165, 1.54) is 25.1 Å². The van der Waals surface area contributed by atoms with E-state index in [2.05, 4.69) is 58.1 Å². The van der Waals surface area contributed by atoms with E-state index < -0.39 is 11.8 Å². The number of rotatable bonds is 0. The van der Waals surface area contributed by atoms with Gasteiger partial charge in [0.2, 0.25) is 23.6 Å². The van der Waals surface area contributed by atoms with E-state index in [1.54, 1.807) is 12.1 Å². The van der Waals surface area contributed by atoms with Crippen molar-refractivity contribution in [2.24, 2.45) is 0 Å². The fourth-order valence-electron chi connectivity index (χ4n) is 4.08. The summed E-state index contributed by atoms with van der Waals surface area (Å²) in [5.41, 5.74) is 3.25. The van der Waals surface area contributed by atoms with Gasteiger partial charge in [0, 0.05) is 16.7 Å². The molecule has 1 aliphatic heterocycles. The lowest BCUT2D eigenvalue weighted by atomic mass is 10.1. The Morgan fingerprint density at radius 1 is 0.561 bits per heavy atom. The van der Waals surface area contributed by atoms with Crippen molar-refractivity contribution in [2.75, 3.05) is 0 Å². The molecule has 0 spiro atoms. The molecule has 2 N–H and O–H groups in total. The van der Waals surface area contributed by atoms with E-state index in [0.717, 1.165) is 14.7 Å². The second-order valence-corrected chi connectivity index (χ2v) is 10.1. The van der Waals surface area contributed by atoms with Crippen LogP contribution in [0.25, 0.3) is 46.3 Å². The van der Waals surface area contributed by atoms with Crippen LogP contribution < -0.4 is 10.6 Å². The van der Waals surface area contributed by atoms with E-state index in [4.69, 9.17) is 17.7 Å². The monoisotopic (exact) mass is 661 g/mol. The number of benzene rings is 1. The van der Waals surface area contributed by atoms with Crippen molar-refractivity contribution in [1.29, 1.82) is 0 Å². The Hall–Kier alpha value is -5.12. The first-order chi connectivity index (χ1) is 20.0. The van der Waals surface area contributed by atoms with Gasteiger partial charge in [-0.3, -0.25) is 9.59 Å². The first kappa shape index (κ1) is 24.9. The van der Waals surface area contributed by atoms with Gasteiger partial charge in [-0.1, -0.05) is 24.3 Å². The maximum Gasteiger partial charge on any atom is 0.273 e. The first-order valence-corrected chi connectivity index (χ1v) is 13.2. The molecule has 6 heterocycles. The second-order valence-electron chi connectivity index (χ2n) is 8.89. The van der Waals surface area contributed by atoms with Crippen LogP contribution in [0.2, 0.25) is 0 Å². The van der Waals surface area contributed by atoms with Crippen molar-refractivity contribution >= 4 is 34.4 Å². The number of hydrogen-bond donors (Lipinski definition) is 2. The molecule has 0 saturated heterocycles. The first-order valence-electron chi connectivity index (χ1n) is 12.1. The normalized spacial score (nSPS) is 13.3. The SMILES string of the molecule is O=C1NCc2cccc(c2)CNC(=O)c2coc(n2)-c2coc(n2)-c2cc(I)cc(n2)-c2nc(co2)-c2nc1co2. The summed E-state index contributed by atoms with van der Waals surface area (Å²) in [5, 5.41) is 5.63. The van der Waals surface area contributed by atoms with Crippen LogP contribution in [-0.2, 0) is 13.1 Å². The topological polar surface area (TPSA) is 175 Å². The maximum absolute atomic E-state index is 12.7. The molecule has 1 aliphatic rings. The molecule has 41 heavy (non-hydrogen) atoms. The smallest absolute Gasteiger partial charge is 0.273 e. The molecule has 0 aliphatic carbocycles. The Morgan fingerprint density at radius 2 is 0.976 bits per heavy atom. The van der Waals surface area contributed by atoms with E-state index in [-0.39, 0.29) is 48.0 Å². The molecule has 5 aromatic heterocycles. The van der Waals surface area contributed by atoms with Gasteiger partial charge in [-0.15, -0.1) is 0 Å². The molecule has 13 nitrogen and oxygen atoms in total. The highest BCUT2D eigenvalue weighted by molar-refractivity contribution is 14.1. The summed E-state index contributed by atoms with van der Waals surface area (Å²) in [6.45, 7) is 0.480. The van der Waals surface area contributed by atoms with E-state index in [1.807, 2.05) is 24.3 Å². The van der Waals surface area contributed by atoms with E-state index >= 15 is 0 Å². The maximum atomic E-state index is 12.7. The number of fused-ring (bicyclic) bond motifs is 16. The molecule has 0 saturated carbocycles. The van der Waals surface area contributed by atoms with Crippen molar-refractivity contribution in [3.8, 4) is 46.3 Å². The van der Waals surface area contributed by atoms with Gasteiger partial charge in [0.15, 0.2) is 22.8 Å². The lowest BCUT2D eigenvalue weighted by molar-refractivity contribution is 0.0938. The van der Waals surface area contributed by atoms with Gasteiger partial charge in [-0.05, 0) is 45.9 Å². The molecule has 1 aromatic carbocycles. The zero-order valence-corrected chi connectivity index (χ0v) is 22.9. The number of halogens is 1. The number of aromatic nitrogens is 5. The molecule has 0 fully saturated rings. The summed E-state index contributed by atoms with van der Waals surface area (Å²) in [5.74, 6) is -0.209. The van der Waals surface area contributed by atoms with Gasteiger partial charge in [-0.25, -0.2) is 24.9 Å². The van der Waals surface area contributed by atoms with Crippen LogP contribution in [0, 0.1) is 3.57 Å². The molecule has 0 radical (unpaired) electrons. The molecule has 12 bridgehead atoms. The van der Waals surface area contributed by atoms with Crippen LogP contribution in [0.15, 0.2) is 79.1 Å². The number of oxazole rings is 4. The summed E-state index contributed by atoms with van der Waals surface area (Å²) in [7, 11) is 0. The highest BCUT2D eigenvalue weighted by Crippen LogP contribution is 2.29. The summed E-state index contributed by atoms with van der Waals surface area (Å²) in [4.78, 5) is 47.5. The number of carbonyl (C=O) groups is 2.